The Morgan fingerprint density at radius 3 is 2.33 bits per heavy atom. The van der Waals surface area contributed by atoms with E-state index in [2.05, 4.69) is 10.5 Å². The number of hydrogen-bond acceptors (Lipinski definition) is 3. The van der Waals surface area contributed by atoms with Crippen molar-refractivity contribution in [2.24, 2.45) is 5.10 Å². The fraction of sp³-hybridized carbons (Fsp3) is 0.167. The van der Waals surface area contributed by atoms with Crippen molar-refractivity contribution >= 4 is 23.2 Å². The molecule has 0 aromatic heterocycles. The molecule has 2 aromatic carbocycles. The highest BCUT2D eigenvalue weighted by atomic mass is 19.1. The Morgan fingerprint density at radius 2 is 1.71 bits per heavy atom. The number of rotatable bonds is 5. The third-order valence-corrected chi connectivity index (χ3v) is 3.38. The highest BCUT2D eigenvalue weighted by Crippen LogP contribution is 2.12. The molecule has 2 amide bonds. The quantitative estimate of drug-likeness (QED) is 0.678. The fourth-order valence-electron chi connectivity index (χ4n) is 1.98. The summed E-state index contributed by atoms with van der Waals surface area (Å²) in [7, 11) is 1.68. The van der Waals surface area contributed by atoms with Gasteiger partial charge in [-0.25, -0.2) is 9.82 Å². The van der Waals surface area contributed by atoms with Crippen LogP contribution in [0.4, 0.5) is 10.1 Å². The van der Waals surface area contributed by atoms with Gasteiger partial charge in [0.15, 0.2) is 0 Å². The van der Waals surface area contributed by atoms with Gasteiger partial charge in [0.25, 0.3) is 5.91 Å². The first kappa shape index (κ1) is 17.3. The summed E-state index contributed by atoms with van der Waals surface area (Å²) in [6.45, 7) is 1.65. The average molecular weight is 327 g/mol. The third kappa shape index (κ3) is 4.74. The number of benzene rings is 2. The van der Waals surface area contributed by atoms with E-state index in [1.165, 1.54) is 29.2 Å². The van der Waals surface area contributed by atoms with Crippen molar-refractivity contribution in [3.63, 3.8) is 0 Å². The summed E-state index contributed by atoms with van der Waals surface area (Å²) < 4.78 is 12.8. The molecule has 0 unspecified atom stereocenters. The molecule has 124 valence electrons. The molecule has 0 aliphatic heterocycles. The van der Waals surface area contributed by atoms with Gasteiger partial charge in [-0.15, -0.1) is 0 Å². The Balaban J connectivity index is 1.92. The molecule has 0 bridgehead atoms. The normalized spacial score (nSPS) is 11.0. The molecule has 0 aliphatic carbocycles. The molecule has 0 heterocycles. The molecule has 0 fully saturated rings. The van der Waals surface area contributed by atoms with Crippen LogP contribution in [0.1, 0.15) is 23.7 Å². The van der Waals surface area contributed by atoms with Gasteiger partial charge in [0, 0.05) is 24.0 Å². The summed E-state index contributed by atoms with van der Waals surface area (Å²) in [4.78, 5) is 25.6. The lowest BCUT2D eigenvalue weighted by molar-refractivity contribution is -0.117. The summed E-state index contributed by atoms with van der Waals surface area (Å²) in [5.74, 6) is -1.02. The number of carbonyl (C=O) groups excluding carboxylic acids is 2. The zero-order chi connectivity index (χ0) is 17.5. The van der Waals surface area contributed by atoms with E-state index in [0.717, 1.165) is 5.69 Å². The Morgan fingerprint density at radius 1 is 1.08 bits per heavy atom. The smallest absolute Gasteiger partial charge is 0.271 e. The molecular weight excluding hydrogens is 309 g/mol. The van der Waals surface area contributed by atoms with Crippen LogP contribution in [0, 0.1) is 5.82 Å². The van der Waals surface area contributed by atoms with Crippen molar-refractivity contribution in [1.29, 1.82) is 0 Å². The second-order valence-corrected chi connectivity index (χ2v) is 5.26. The molecule has 24 heavy (non-hydrogen) atoms. The highest BCUT2D eigenvalue weighted by Gasteiger charge is 2.12. The number of nitrogens with zero attached hydrogens (tertiary/aromatic N) is 2. The Labute approximate surface area is 139 Å². The van der Waals surface area contributed by atoms with E-state index in [9.17, 15) is 14.0 Å². The molecule has 0 radical (unpaired) electrons. The van der Waals surface area contributed by atoms with Gasteiger partial charge in [0.1, 0.15) is 5.82 Å². The number of halogens is 1. The van der Waals surface area contributed by atoms with Crippen LogP contribution < -0.4 is 10.3 Å². The van der Waals surface area contributed by atoms with Crippen molar-refractivity contribution in [2.75, 3.05) is 11.9 Å². The van der Waals surface area contributed by atoms with Crippen LogP contribution in [-0.4, -0.2) is 24.6 Å². The zero-order valence-electron chi connectivity index (χ0n) is 13.5. The first-order chi connectivity index (χ1) is 11.5. The number of amides is 2. The van der Waals surface area contributed by atoms with E-state index in [0.29, 0.717) is 11.3 Å². The van der Waals surface area contributed by atoms with Crippen molar-refractivity contribution in [3.8, 4) is 0 Å². The monoisotopic (exact) mass is 327 g/mol. The average Bonchev–Trinajstić information content (AvgIpc) is 2.60. The second-order valence-electron chi connectivity index (χ2n) is 5.26. The van der Waals surface area contributed by atoms with E-state index in [1.807, 2.05) is 30.3 Å². The summed E-state index contributed by atoms with van der Waals surface area (Å²) in [5.41, 5.74) is 3.90. The maximum atomic E-state index is 12.8. The first-order valence-electron chi connectivity index (χ1n) is 7.38. The number of para-hydroxylation sites is 1. The predicted molar refractivity (Wildman–Crippen MR) is 91.4 cm³/mol. The SMILES string of the molecule is C/C(CC(=O)N(C)c1ccccc1)=N\NC(=O)c1ccc(F)cc1. The van der Waals surface area contributed by atoms with Crippen LogP contribution in [0.5, 0.6) is 0 Å². The first-order valence-corrected chi connectivity index (χ1v) is 7.38. The molecule has 0 atom stereocenters. The lowest BCUT2D eigenvalue weighted by atomic mass is 10.2. The maximum absolute atomic E-state index is 12.8. The van der Waals surface area contributed by atoms with Crippen molar-refractivity contribution in [1.82, 2.24) is 5.43 Å². The van der Waals surface area contributed by atoms with Crippen LogP contribution in [0.3, 0.4) is 0 Å². The number of hydrazone groups is 1. The molecule has 5 nitrogen and oxygen atoms in total. The second kappa shape index (κ2) is 8.01. The largest absolute Gasteiger partial charge is 0.315 e. The predicted octanol–water partition coefficient (Wildman–Crippen LogP) is 2.98. The molecule has 0 saturated heterocycles. The standard InChI is InChI=1S/C18H18FN3O2/c1-13(12-17(23)22(2)16-6-4-3-5-7-16)20-21-18(24)14-8-10-15(19)11-9-14/h3-11H,12H2,1-2H3,(H,21,24)/b20-13+. The number of hydrogen-bond donors (Lipinski definition) is 1. The van der Waals surface area contributed by atoms with Crippen LogP contribution in [0.25, 0.3) is 0 Å². The highest BCUT2D eigenvalue weighted by molar-refractivity contribution is 6.07. The van der Waals surface area contributed by atoms with E-state index in [-0.39, 0.29) is 12.3 Å². The zero-order valence-corrected chi connectivity index (χ0v) is 13.5. The summed E-state index contributed by atoms with van der Waals surface area (Å²) in [6, 6.07) is 14.4. The molecular formula is C18H18FN3O2. The Hall–Kier alpha value is -3.02. The van der Waals surface area contributed by atoms with Crippen LogP contribution in [-0.2, 0) is 4.79 Å². The van der Waals surface area contributed by atoms with Crippen molar-refractivity contribution in [3.05, 3.63) is 66.0 Å². The van der Waals surface area contributed by atoms with Gasteiger partial charge >= 0.3 is 0 Å². The van der Waals surface area contributed by atoms with Gasteiger partial charge in [-0.05, 0) is 43.3 Å². The van der Waals surface area contributed by atoms with Crippen LogP contribution >= 0.6 is 0 Å². The van der Waals surface area contributed by atoms with Crippen molar-refractivity contribution < 1.29 is 14.0 Å². The number of nitrogens with one attached hydrogen (secondary N) is 1. The lowest BCUT2D eigenvalue weighted by Gasteiger charge is -2.17. The fourth-order valence-corrected chi connectivity index (χ4v) is 1.98. The van der Waals surface area contributed by atoms with Gasteiger partial charge in [-0.3, -0.25) is 9.59 Å². The van der Waals surface area contributed by atoms with Gasteiger partial charge in [-0.1, -0.05) is 18.2 Å². The van der Waals surface area contributed by atoms with E-state index in [4.69, 9.17) is 0 Å². The molecule has 0 spiro atoms. The lowest BCUT2D eigenvalue weighted by Crippen LogP contribution is -2.28. The minimum absolute atomic E-state index is 0.0785. The number of carbonyl (C=O) groups is 2. The van der Waals surface area contributed by atoms with Crippen molar-refractivity contribution in [2.45, 2.75) is 13.3 Å². The molecule has 0 saturated carbocycles. The van der Waals surface area contributed by atoms with Gasteiger partial charge in [0.2, 0.25) is 5.91 Å². The maximum Gasteiger partial charge on any atom is 0.271 e. The Kier molecular flexibility index (Phi) is 5.78. The van der Waals surface area contributed by atoms with E-state index in [1.54, 1.807) is 14.0 Å². The molecule has 1 N–H and O–H groups in total. The van der Waals surface area contributed by atoms with E-state index < -0.39 is 11.7 Å². The van der Waals surface area contributed by atoms with E-state index >= 15 is 0 Å². The van der Waals surface area contributed by atoms with Gasteiger partial charge in [0.05, 0.1) is 6.42 Å². The van der Waals surface area contributed by atoms with Gasteiger partial charge in [-0.2, -0.15) is 5.10 Å². The molecule has 2 aromatic rings. The van der Waals surface area contributed by atoms with Gasteiger partial charge < -0.3 is 4.90 Å². The van der Waals surface area contributed by atoms with Crippen LogP contribution in [0.2, 0.25) is 0 Å². The Bertz CT molecular complexity index is 743. The minimum Gasteiger partial charge on any atom is -0.315 e. The third-order valence-electron chi connectivity index (χ3n) is 3.38. The van der Waals surface area contributed by atoms with Crippen LogP contribution in [0.15, 0.2) is 59.7 Å². The topological polar surface area (TPSA) is 61.8 Å². The minimum atomic E-state index is -0.460. The number of anilines is 1. The summed E-state index contributed by atoms with van der Waals surface area (Å²) >= 11 is 0. The summed E-state index contributed by atoms with van der Waals surface area (Å²) in [5, 5.41) is 3.91. The molecule has 0 aliphatic rings. The molecule has 6 heteroatoms. The molecule has 2 rings (SSSR count). The summed E-state index contributed by atoms with van der Waals surface area (Å²) in [6.07, 6.45) is 0.0785.